The number of aryl methyl sites for hydroxylation is 1. The van der Waals surface area contributed by atoms with Gasteiger partial charge in [-0.3, -0.25) is 4.79 Å². The standard InChI is InChI=1S/C20H25NO3/c1-13(22)21-12-11-14-5-4-6-16-17(23-2)9-7-15-8-10-18(24-3)20(14)19(15)16/h7-10,14H,4-6,11-12H2,1-3H3,(H,21,22). The normalized spacial score (nSPS) is 16.5. The van der Waals surface area contributed by atoms with Crippen LogP contribution in [0.3, 0.4) is 0 Å². The fraction of sp³-hybridized carbons (Fsp3) is 0.450. The fourth-order valence-corrected chi connectivity index (χ4v) is 3.89. The van der Waals surface area contributed by atoms with E-state index >= 15 is 0 Å². The Bertz CT molecular complexity index is 749. The van der Waals surface area contributed by atoms with Crippen molar-refractivity contribution in [2.24, 2.45) is 0 Å². The smallest absolute Gasteiger partial charge is 0.216 e. The van der Waals surface area contributed by atoms with Gasteiger partial charge in [0, 0.05) is 24.6 Å². The third-order valence-electron chi connectivity index (χ3n) is 4.95. The first-order valence-corrected chi connectivity index (χ1v) is 8.56. The van der Waals surface area contributed by atoms with Crippen molar-refractivity contribution >= 4 is 16.7 Å². The first-order chi connectivity index (χ1) is 11.7. The van der Waals surface area contributed by atoms with Crippen molar-refractivity contribution in [3.63, 3.8) is 0 Å². The molecular weight excluding hydrogens is 302 g/mol. The van der Waals surface area contributed by atoms with E-state index < -0.39 is 0 Å². The summed E-state index contributed by atoms with van der Waals surface area (Å²) < 4.78 is 11.3. The van der Waals surface area contributed by atoms with E-state index in [-0.39, 0.29) is 5.91 Å². The summed E-state index contributed by atoms with van der Waals surface area (Å²) in [5.74, 6) is 2.30. The van der Waals surface area contributed by atoms with Gasteiger partial charge in [0.15, 0.2) is 0 Å². The Morgan fingerprint density at radius 3 is 2.54 bits per heavy atom. The zero-order valence-electron chi connectivity index (χ0n) is 14.6. The molecule has 0 radical (unpaired) electrons. The van der Waals surface area contributed by atoms with Gasteiger partial charge in [-0.05, 0) is 54.5 Å². The molecule has 1 N–H and O–H groups in total. The highest BCUT2D eigenvalue weighted by molar-refractivity contribution is 5.93. The van der Waals surface area contributed by atoms with Gasteiger partial charge in [0.25, 0.3) is 0 Å². The summed E-state index contributed by atoms with van der Waals surface area (Å²) in [4.78, 5) is 11.2. The Kier molecular flexibility index (Phi) is 4.93. The summed E-state index contributed by atoms with van der Waals surface area (Å²) >= 11 is 0. The number of carbonyl (C=O) groups excluding carboxylic acids is 1. The van der Waals surface area contributed by atoms with Gasteiger partial charge in [-0.25, -0.2) is 0 Å². The predicted octanol–water partition coefficient (Wildman–Crippen LogP) is 3.80. The van der Waals surface area contributed by atoms with Crippen molar-refractivity contribution in [1.82, 2.24) is 5.32 Å². The van der Waals surface area contributed by atoms with Crippen molar-refractivity contribution in [2.45, 2.75) is 38.5 Å². The van der Waals surface area contributed by atoms with Gasteiger partial charge in [0.05, 0.1) is 14.2 Å². The van der Waals surface area contributed by atoms with Crippen LogP contribution in [-0.2, 0) is 11.2 Å². The molecule has 1 aliphatic rings. The summed E-state index contributed by atoms with van der Waals surface area (Å²) in [6.07, 6.45) is 4.13. The van der Waals surface area contributed by atoms with Crippen LogP contribution in [-0.4, -0.2) is 26.7 Å². The van der Waals surface area contributed by atoms with Crippen LogP contribution in [0.2, 0.25) is 0 Å². The van der Waals surface area contributed by atoms with Gasteiger partial charge in [-0.15, -0.1) is 0 Å². The molecule has 1 aliphatic carbocycles. The lowest BCUT2D eigenvalue weighted by Gasteiger charge is -2.21. The highest BCUT2D eigenvalue weighted by Gasteiger charge is 2.25. The van der Waals surface area contributed by atoms with Crippen LogP contribution < -0.4 is 14.8 Å². The van der Waals surface area contributed by atoms with E-state index in [1.807, 2.05) is 0 Å². The molecular formula is C20H25NO3. The molecule has 0 fully saturated rings. The van der Waals surface area contributed by atoms with Crippen molar-refractivity contribution < 1.29 is 14.3 Å². The molecule has 24 heavy (non-hydrogen) atoms. The third-order valence-corrected chi connectivity index (χ3v) is 4.95. The quantitative estimate of drug-likeness (QED) is 0.908. The molecule has 1 unspecified atom stereocenters. The summed E-state index contributed by atoms with van der Waals surface area (Å²) in [6, 6.07) is 8.36. The van der Waals surface area contributed by atoms with Gasteiger partial charge in [0.2, 0.25) is 5.91 Å². The average Bonchev–Trinajstić information content (AvgIpc) is 2.77. The van der Waals surface area contributed by atoms with Crippen molar-refractivity contribution in [3.05, 3.63) is 35.4 Å². The number of benzene rings is 2. The van der Waals surface area contributed by atoms with Crippen LogP contribution in [0, 0.1) is 0 Å². The average molecular weight is 327 g/mol. The number of carbonyl (C=O) groups is 1. The summed E-state index contributed by atoms with van der Waals surface area (Å²) in [5, 5.41) is 5.43. The second-order valence-electron chi connectivity index (χ2n) is 6.39. The van der Waals surface area contributed by atoms with Gasteiger partial charge < -0.3 is 14.8 Å². The molecule has 1 atom stereocenters. The molecule has 4 heteroatoms. The van der Waals surface area contributed by atoms with Crippen LogP contribution in [0.5, 0.6) is 11.5 Å². The Morgan fingerprint density at radius 2 is 1.88 bits per heavy atom. The zero-order chi connectivity index (χ0) is 17.1. The maximum atomic E-state index is 11.2. The van der Waals surface area contributed by atoms with Crippen LogP contribution in [0.4, 0.5) is 0 Å². The largest absolute Gasteiger partial charge is 0.496 e. The number of hydrogen-bond acceptors (Lipinski definition) is 3. The number of rotatable bonds is 5. The lowest BCUT2D eigenvalue weighted by Crippen LogP contribution is -2.22. The van der Waals surface area contributed by atoms with Gasteiger partial charge in [-0.2, -0.15) is 0 Å². The van der Waals surface area contributed by atoms with Crippen LogP contribution in [0.1, 0.15) is 43.2 Å². The summed E-state index contributed by atoms with van der Waals surface area (Å²) in [5.41, 5.74) is 2.55. The molecule has 0 heterocycles. The van der Waals surface area contributed by atoms with Crippen molar-refractivity contribution in [1.29, 1.82) is 0 Å². The van der Waals surface area contributed by atoms with E-state index in [0.29, 0.717) is 12.5 Å². The van der Waals surface area contributed by atoms with Gasteiger partial charge in [-0.1, -0.05) is 12.1 Å². The minimum Gasteiger partial charge on any atom is -0.496 e. The molecule has 2 aromatic carbocycles. The van der Waals surface area contributed by atoms with E-state index in [4.69, 9.17) is 9.47 Å². The minimum atomic E-state index is 0.0239. The monoisotopic (exact) mass is 327 g/mol. The number of hydrogen-bond donors (Lipinski definition) is 1. The highest BCUT2D eigenvalue weighted by atomic mass is 16.5. The fourth-order valence-electron chi connectivity index (χ4n) is 3.89. The lowest BCUT2D eigenvalue weighted by molar-refractivity contribution is -0.118. The maximum absolute atomic E-state index is 11.2. The summed E-state index contributed by atoms with van der Waals surface area (Å²) in [7, 11) is 3.46. The van der Waals surface area contributed by atoms with E-state index in [0.717, 1.165) is 37.2 Å². The second kappa shape index (κ2) is 7.12. The number of nitrogens with one attached hydrogen (secondary N) is 1. The van der Waals surface area contributed by atoms with Crippen molar-refractivity contribution in [2.75, 3.05) is 20.8 Å². The third kappa shape index (κ3) is 3.05. The van der Waals surface area contributed by atoms with E-state index in [2.05, 4.69) is 29.6 Å². The molecule has 0 saturated heterocycles. The molecule has 0 bridgehead atoms. The first kappa shape index (κ1) is 16.6. The van der Waals surface area contributed by atoms with Crippen molar-refractivity contribution in [3.8, 4) is 11.5 Å². The molecule has 1 amide bonds. The Balaban J connectivity index is 2.12. The topological polar surface area (TPSA) is 47.6 Å². The molecule has 0 aliphatic heterocycles. The van der Waals surface area contributed by atoms with Crippen LogP contribution in [0.25, 0.3) is 10.8 Å². The zero-order valence-corrected chi connectivity index (χ0v) is 14.6. The van der Waals surface area contributed by atoms with E-state index in [1.165, 1.54) is 21.9 Å². The Morgan fingerprint density at radius 1 is 1.17 bits per heavy atom. The highest BCUT2D eigenvalue weighted by Crippen LogP contribution is 2.44. The Labute approximate surface area is 143 Å². The number of methoxy groups -OCH3 is 2. The molecule has 0 saturated carbocycles. The van der Waals surface area contributed by atoms with Crippen LogP contribution >= 0.6 is 0 Å². The molecule has 0 spiro atoms. The van der Waals surface area contributed by atoms with Crippen LogP contribution in [0.15, 0.2) is 24.3 Å². The summed E-state index contributed by atoms with van der Waals surface area (Å²) in [6.45, 7) is 2.26. The second-order valence-corrected chi connectivity index (χ2v) is 6.39. The SMILES string of the molecule is COc1ccc2ccc(OC)c3c2c1CCCC3CCNC(C)=O. The van der Waals surface area contributed by atoms with Gasteiger partial charge >= 0.3 is 0 Å². The predicted molar refractivity (Wildman–Crippen MR) is 96.0 cm³/mol. The van der Waals surface area contributed by atoms with Gasteiger partial charge in [0.1, 0.15) is 11.5 Å². The lowest BCUT2D eigenvalue weighted by atomic mass is 9.88. The molecule has 128 valence electrons. The van der Waals surface area contributed by atoms with E-state index in [1.54, 1.807) is 21.1 Å². The van der Waals surface area contributed by atoms with E-state index in [9.17, 15) is 4.79 Å². The molecule has 2 aromatic rings. The molecule has 0 aromatic heterocycles. The molecule has 4 nitrogen and oxygen atoms in total. The Hall–Kier alpha value is -2.23. The number of ether oxygens (including phenoxy) is 2. The molecule has 3 rings (SSSR count). The maximum Gasteiger partial charge on any atom is 0.216 e. The minimum absolute atomic E-state index is 0.0239. The number of amides is 1. The first-order valence-electron chi connectivity index (χ1n) is 8.56.